The maximum Gasteiger partial charge on any atom is 3.00 e. The van der Waals surface area contributed by atoms with E-state index in [9.17, 15) is 5.11 Å². The average Bonchev–Trinajstić information content (AvgIpc) is 2.62. The molecule has 0 heterocycles. The molecule has 1 aromatic rings. The molecular formula is C25H39Cl2OTi. The SMILES string of the molecule is CC1=[C-]C(C)(C)C(C)=C1C.Cc1cc(C(C)(C)C)c(O)c(C(C)(C)C)c1.[Cl-].[Cl-].[Ti+3]. The van der Waals surface area contributed by atoms with E-state index in [1.54, 1.807) is 0 Å². The molecule has 1 nitrogen and oxygen atoms in total. The Morgan fingerprint density at radius 2 is 1.14 bits per heavy atom. The van der Waals surface area contributed by atoms with Crippen LogP contribution in [0.2, 0.25) is 0 Å². The first-order valence-corrected chi connectivity index (χ1v) is 9.63. The van der Waals surface area contributed by atoms with Gasteiger partial charge in [-0.2, -0.15) is 11.1 Å². The summed E-state index contributed by atoms with van der Waals surface area (Å²) in [5.74, 6) is 0.464. The second kappa shape index (κ2) is 11.4. The van der Waals surface area contributed by atoms with Crippen molar-refractivity contribution in [1.82, 2.24) is 0 Å². The van der Waals surface area contributed by atoms with Crippen LogP contribution < -0.4 is 24.8 Å². The summed E-state index contributed by atoms with van der Waals surface area (Å²) < 4.78 is 0. The van der Waals surface area contributed by atoms with Crippen LogP contribution in [-0.2, 0) is 32.5 Å². The van der Waals surface area contributed by atoms with Crippen molar-refractivity contribution in [2.45, 2.75) is 93.9 Å². The minimum Gasteiger partial charge on any atom is -1.00 e. The number of hydrogen-bond acceptors (Lipinski definition) is 1. The third-order valence-corrected chi connectivity index (χ3v) is 5.43. The predicted molar refractivity (Wildman–Crippen MR) is 115 cm³/mol. The zero-order chi connectivity index (χ0) is 20.7. The Kier molecular flexibility index (Phi) is 13.2. The predicted octanol–water partition coefficient (Wildman–Crippen LogP) is 1.41. The Labute approximate surface area is 207 Å². The topological polar surface area (TPSA) is 20.2 Å². The molecule has 4 heteroatoms. The third-order valence-electron chi connectivity index (χ3n) is 5.43. The van der Waals surface area contributed by atoms with Gasteiger partial charge in [0.1, 0.15) is 5.75 Å². The fourth-order valence-corrected chi connectivity index (χ4v) is 3.33. The molecule has 0 atom stereocenters. The van der Waals surface area contributed by atoms with Crippen LogP contribution in [0.5, 0.6) is 5.75 Å². The number of rotatable bonds is 0. The van der Waals surface area contributed by atoms with Gasteiger partial charge in [-0.3, -0.25) is 6.08 Å². The van der Waals surface area contributed by atoms with Gasteiger partial charge in [0.05, 0.1) is 0 Å². The van der Waals surface area contributed by atoms with Gasteiger partial charge in [0, 0.05) is 0 Å². The Balaban J connectivity index is -0.000000457. The summed E-state index contributed by atoms with van der Waals surface area (Å²) in [5.41, 5.74) is 7.65. The van der Waals surface area contributed by atoms with Gasteiger partial charge in [-0.1, -0.05) is 92.3 Å². The molecule has 163 valence electrons. The largest absolute Gasteiger partial charge is 3.00 e. The molecule has 0 bridgehead atoms. The van der Waals surface area contributed by atoms with Gasteiger partial charge in [0.2, 0.25) is 0 Å². The monoisotopic (exact) mass is 473 g/mol. The molecule has 0 saturated heterocycles. The molecule has 0 aliphatic heterocycles. The van der Waals surface area contributed by atoms with Crippen molar-refractivity contribution >= 4 is 0 Å². The van der Waals surface area contributed by atoms with Gasteiger partial charge >= 0.3 is 21.7 Å². The summed E-state index contributed by atoms with van der Waals surface area (Å²) >= 11 is 0. The smallest absolute Gasteiger partial charge is 1.00 e. The summed E-state index contributed by atoms with van der Waals surface area (Å²) in [7, 11) is 0. The van der Waals surface area contributed by atoms with Crippen LogP contribution in [0.3, 0.4) is 0 Å². The van der Waals surface area contributed by atoms with E-state index in [1.165, 1.54) is 22.3 Å². The van der Waals surface area contributed by atoms with Crippen molar-refractivity contribution in [3.05, 3.63) is 51.6 Å². The molecule has 0 spiro atoms. The molecule has 0 saturated carbocycles. The molecule has 1 radical (unpaired) electrons. The van der Waals surface area contributed by atoms with Gasteiger partial charge in [0.15, 0.2) is 0 Å². The number of aromatic hydroxyl groups is 1. The number of phenols is 1. The number of phenolic OH excluding ortho intramolecular Hbond substituents is 1. The van der Waals surface area contributed by atoms with Gasteiger partial charge in [-0.05, 0) is 28.9 Å². The summed E-state index contributed by atoms with van der Waals surface area (Å²) in [6.45, 7) is 25.8. The van der Waals surface area contributed by atoms with E-state index in [-0.39, 0.29) is 62.8 Å². The number of allylic oxidation sites excluding steroid dienone is 4. The van der Waals surface area contributed by atoms with E-state index in [0.29, 0.717) is 5.75 Å². The van der Waals surface area contributed by atoms with Crippen LogP contribution >= 0.6 is 0 Å². The van der Waals surface area contributed by atoms with Crippen LogP contribution in [0.4, 0.5) is 0 Å². The third kappa shape index (κ3) is 8.45. The summed E-state index contributed by atoms with van der Waals surface area (Å²) in [6, 6.07) is 4.18. The second-order valence-electron chi connectivity index (χ2n) is 10.3. The summed E-state index contributed by atoms with van der Waals surface area (Å²) in [4.78, 5) is 0. The van der Waals surface area contributed by atoms with Crippen molar-refractivity contribution < 1.29 is 51.6 Å². The molecule has 2 rings (SSSR count). The molecule has 1 aromatic carbocycles. The molecule has 1 N–H and O–H groups in total. The Morgan fingerprint density at radius 3 is 1.31 bits per heavy atom. The average molecular weight is 474 g/mol. The Bertz CT molecular complexity index is 710. The zero-order valence-corrected chi connectivity index (χ0v) is 23.4. The number of hydrogen-bond donors (Lipinski definition) is 1. The Morgan fingerprint density at radius 1 is 0.793 bits per heavy atom. The normalized spacial score (nSPS) is 15.2. The molecular weight excluding hydrogens is 435 g/mol. The van der Waals surface area contributed by atoms with Crippen molar-refractivity contribution in [3.8, 4) is 5.75 Å². The molecule has 29 heavy (non-hydrogen) atoms. The number of halogens is 2. The number of aryl methyl sites for hydroxylation is 1. The Hall–Kier alpha value is -0.206. The van der Waals surface area contributed by atoms with Crippen molar-refractivity contribution in [2.75, 3.05) is 0 Å². The van der Waals surface area contributed by atoms with Gasteiger partial charge in [0.25, 0.3) is 0 Å². The standard InChI is InChI=1S/C15H24O.C10H15.2ClH.Ti/c1-10-8-11(14(2,3)4)13(16)12(9-10)15(5,6)7;1-7-6-10(4,5)9(3)8(7)2;;;/h8-9,16H,1-7H3;1-5H3;2*1H;/q;-1;;;+3/p-2. The first-order valence-electron chi connectivity index (χ1n) is 9.63. The van der Waals surface area contributed by atoms with Gasteiger partial charge < -0.3 is 29.9 Å². The zero-order valence-electron chi connectivity index (χ0n) is 20.4. The van der Waals surface area contributed by atoms with Crippen molar-refractivity contribution in [1.29, 1.82) is 0 Å². The molecule has 0 aromatic heterocycles. The maximum atomic E-state index is 10.4. The number of benzene rings is 1. The van der Waals surface area contributed by atoms with E-state index in [1.807, 2.05) is 0 Å². The molecule has 0 fully saturated rings. The summed E-state index contributed by atoms with van der Waals surface area (Å²) in [6.07, 6.45) is 3.44. The first kappa shape index (κ1) is 33.4. The minimum atomic E-state index is -0.0178. The second-order valence-corrected chi connectivity index (χ2v) is 10.3. The van der Waals surface area contributed by atoms with Crippen LogP contribution in [-0.4, -0.2) is 5.11 Å². The molecule has 1 aliphatic carbocycles. The maximum absolute atomic E-state index is 10.4. The fraction of sp³-hybridized carbons (Fsp3) is 0.600. The quantitative estimate of drug-likeness (QED) is 0.446. The van der Waals surface area contributed by atoms with Crippen LogP contribution in [0.25, 0.3) is 0 Å². The molecule has 0 amide bonds. The molecule has 0 unspecified atom stereocenters. The van der Waals surface area contributed by atoms with E-state index < -0.39 is 0 Å². The minimum absolute atomic E-state index is 0. The van der Waals surface area contributed by atoms with E-state index in [4.69, 9.17) is 0 Å². The van der Waals surface area contributed by atoms with Gasteiger partial charge in [-0.25, -0.2) is 5.57 Å². The van der Waals surface area contributed by atoms with Gasteiger partial charge in [-0.15, -0.1) is 6.92 Å². The van der Waals surface area contributed by atoms with E-state index in [2.05, 4.69) is 101 Å². The van der Waals surface area contributed by atoms with Crippen LogP contribution in [0.1, 0.15) is 92.9 Å². The van der Waals surface area contributed by atoms with Crippen molar-refractivity contribution in [2.24, 2.45) is 5.41 Å². The van der Waals surface area contributed by atoms with Crippen molar-refractivity contribution in [3.63, 3.8) is 0 Å². The molecule has 1 aliphatic rings. The van der Waals surface area contributed by atoms with E-state index >= 15 is 0 Å². The fourth-order valence-electron chi connectivity index (χ4n) is 3.33. The first-order chi connectivity index (χ1) is 11.5. The van der Waals surface area contributed by atoms with Crippen LogP contribution in [0, 0.1) is 18.4 Å². The van der Waals surface area contributed by atoms with E-state index in [0.717, 1.165) is 11.1 Å². The van der Waals surface area contributed by atoms with Crippen LogP contribution in [0.15, 0.2) is 28.9 Å². The summed E-state index contributed by atoms with van der Waals surface area (Å²) in [5, 5.41) is 10.4.